The number of carbonyl (C=O) groups is 1. The first-order valence-electron chi connectivity index (χ1n) is 3.00. The Morgan fingerprint density at radius 2 is 2.09 bits per heavy atom. The van der Waals surface area contributed by atoms with Crippen molar-refractivity contribution in [3.8, 4) is 5.75 Å². The molecule has 1 aromatic rings. The van der Waals surface area contributed by atoms with Crippen molar-refractivity contribution in [2.75, 3.05) is 0 Å². The second-order valence-corrected chi connectivity index (χ2v) is 2.11. The van der Waals surface area contributed by atoms with Crippen LogP contribution >= 0.6 is 0 Å². The van der Waals surface area contributed by atoms with Crippen LogP contribution in [0.5, 0.6) is 5.75 Å². The average molecular weight is 154 g/mol. The van der Waals surface area contributed by atoms with Gasteiger partial charge in [0.25, 0.3) is 0 Å². The van der Waals surface area contributed by atoms with Crippen LogP contribution in [0.3, 0.4) is 0 Å². The van der Waals surface area contributed by atoms with E-state index >= 15 is 0 Å². The molecule has 1 rings (SSSR count). The third kappa shape index (κ3) is 1.30. The van der Waals surface area contributed by atoms with Crippen LogP contribution in [0.25, 0.3) is 0 Å². The number of quaternary nitrogens is 1. The second kappa shape index (κ2) is 2.59. The molecule has 0 atom stereocenters. The van der Waals surface area contributed by atoms with Gasteiger partial charge in [0, 0.05) is 0 Å². The monoisotopic (exact) mass is 154 g/mol. The minimum atomic E-state index is -1.08. The van der Waals surface area contributed by atoms with Gasteiger partial charge in [0.2, 0.25) is 0 Å². The molecule has 0 saturated heterocycles. The van der Waals surface area contributed by atoms with Crippen molar-refractivity contribution in [3.05, 3.63) is 23.8 Å². The molecule has 4 heteroatoms. The lowest BCUT2D eigenvalue weighted by molar-refractivity contribution is -0.257. The lowest BCUT2D eigenvalue weighted by atomic mass is 10.2. The molecule has 11 heavy (non-hydrogen) atoms. The molecule has 0 aliphatic heterocycles. The molecular weight excluding hydrogens is 146 g/mol. The average Bonchev–Trinajstić information content (AvgIpc) is 1.94. The summed E-state index contributed by atoms with van der Waals surface area (Å²) >= 11 is 0. The van der Waals surface area contributed by atoms with Gasteiger partial charge < -0.3 is 15.9 Å². The van der Waals surface area contributed by atoms with Gasteiger partial charge in [-0.15, -0.1) is 0 Å². The van der Waals surface area contributed by atoms with Gasteiger partial charge in [-0.1, -0.05) is 6.07 Å². The molecule has 0 bridgehead atoms. The number of phenols is 1. The Morgan fingerprint density at radius 1 is 1.45 bits per heavy atom. The number of aromatic carboxylic acids is 1. The largest absolute Gasteiger partial charge is 0.503 e. The van der Waals surface area contributed by atoms with Gasteiger partial charge in [0.05, 0.1) is 0 Å². The summed E-state index contributed by atoms with van der Waals surface area (Å²) in [4.78, 5) is 10.4. The molecule has 4 nitrogen and oxygen atoms in total. The molecule has 0 aromatic heterocycles. The number of rotatable bonds is 1. The molecule has 0 amide bonds. The maximum atomic E-state index is 10.4. The van der Waals surface area contributed by atoms with Crippen LogP contribution in [0, 0.1) is 0 Å². The number of carboxylic acids is 1. The fourth-order valence-corrected chi connectivity index (χ4v) is 0.775. The number of phenolic OH excluding ortho intramolecular Hbond substituents is 1. The van der Waals surface area contributed by atoms with E-state index in [2.05, 4.69) is 5.73 Å². The Labute approximate surface area is 62.9 Å². The summed E-state index contributed by atoms with van der Waals surface area (Å²) in [5.74, 6) is -1.17. The number of aromatic hydroxyl groups is 1. The summed E-state index contributed by atoms with van der Waals surface area (Å²) in [6.07, 6.45) is 0. The summed E-state index contributed by atoms with van der Waals surface area (Å²) in [6.45, 7) is 0. The molecule has 58 valence electrons. The quantitative estimate of drug-likeness (QED) is 0.530. The molecule has 0 unspecified atom stereocenters. The predicted octanol–water partition coefficient (Wildman–Crippen LogP) is -0.0362. The summed E-state index contributed by atoms with van der Waals surface area (Å²) in [6, 6.07) is 4.26. The van der Waals surface area contributed by atoms with Crippen LogP contribution in [0.15, 0.2) is 18.2 Å². The summed E-state index contributed by atoms with van der Waals surface area (Å²) in [5, 5.41) is 17.6. The Kier molecular flexibility index (Phi) is 1.78. The van der Waals surface area contributed by atoms with Crippen LogP contribution in [0.2, 0.25) is 0 Å². The van der Waals surface area contributed by atoms with E-state index in [1.54, 1.807) is 0 Å². The molecule has 0 aliphatic carbocycles. The van der Waals surface area contributed by atoms with E-state index in [0.29, 0.717) is 0 Å². The first-order valence-corrected chi connectivity index (χ1v) is 3.00. The van der Waals surface area contributed by atoms with E-state index in [-0.39, 0.29) is 17.0 Å². The molecular formula is C7H8NO3+. The van der Waals surface area contributed by atoms with Gasteiger partial charge >= 0.3 is 5.97 Å². The van der Waals surface area contributed by atoms with Crippen LogP contribution in [0.1, 0.15) is 10.4 Å². The minimum Gasteiger partial charge on any atom is -0.503 e. The molecule has 0 aliphatic rings. The summed E-state index contributed by atoms with van der Waals surface area (Å²) in [7, 11) is 0. The highest BCUT2D eigenvalue weighted by Crippen LogP contribution is 2.21. The third-order valence-electron chi connectivity index (χ3n) is 1.38. The Balaban J connectivity index is 3.27. The molecule has 5 N–H and O–H groups in total. The fraction of sp³-hybridized carbons (Fsp3) is 0. The van der Waals surface area contributed by atoms with Crippen molar-refractivity contribution < 1.29 is 20.7 Å². The molecule has 0 radical (unpaired) electrons. The third-order valence-corrected chi connectivity index (χ3v) is 1.38. The highest BCUT2D eigenvalue weighted by Gasteiger charge is 2.12. The maximum Gasteiger partial charge on any atom is 0.341 e. The first-order chi connectivity index (χ1) is 5.13. The van der Waals surface area contributed by atoms with Crippen molar-refractivity contribution in [2.24, 2.45) is 0 Å². The highest BCUT2D eigenvalue weighted by atomic mass is 16.4. The van der Waals surface area contributed by atoms with Crippen LogP contribution in [-0.4, -0.2) is 16.2 Å². The van der Waals surface area contributed by atoms with Crippen molar-refractivity contribution in [2.45, 2.75) is 0 Å². The molecule has 1 aromatic carbocycles. The summed E-state index contributed by atoms with van der Waals surface area (Å²) in [5.41, 5.74) is 3.60. The Bertz CT molecular complexity index is 296. The van der Waals surface area contributed by atoms with Crippen molar-refractivity contribution in [1.82, 2.24) is 0 Å². The van der Waals surface area contributed by atoms with Crippen LogP contribution in [0.4, 0.5) is 5.69 Å². The van der Waals surface area contributed by atoms with Crippen LogP contribution in [-0.2, 0) is 0 Å². The molecule has 0 saturated carbocycles. The van der Waals surface area contributed by atoms with Crippen molar-refractivity contribution >= 4 is 11.7 Å². The fourth-order valence-electron chi connectivity index (χ4n) is 0.775. The first kappa shape index (κ1) is 7.56. The van der Waals surface area contributed by atoms with Crippen molar-refractivity contribution in [1.29, 1.82) is 0 Å². The number of hydrogen-bond acceptors (Lipinski definition) is 2. The Morgan fingerprint density at radius 3 is 2.55 bits per heavy atom. The van der Waals surface area contributed by atoms with Gasteiger partial charge in [-0.25, -0.2) is 4.79 Å². The van der Waals surface area contributed by atoms with E-state index in [1.807, 2.05) is 0 Å². The molecule has 0 fully saturated rings. The zero-order valence-electron chi connectivity index (χ0n) is 5.74. The van der Waals surface area contributed by atoms with Gasteiger partial charge in [0.1, 0.15) is 5.56 Å². The van der Waals surface area contributed by atoms with Gasteiger partial charge in [0.15, 0.2) is 11.4 Å². The maximum absolute atomic E-state index is 10.4. The number of hydrogen-bond donors (Lipinski definition) is 3. The zero-order chi connectivity index (χ0) is 8.43. The van der Waals surface area contributed by atoms with Gasteiger partial charge in [-0.3, -0.25) is 0 Å². The smallest absolute Gasteiger partial charge is 0.341 e. The second-order valence-electron chi connectivity index (χ2n) is 2.11. The Hall–Kier alpha value is -1.55. The van der Waals surface area contributed by atoms with Gasteiger partial charge in [-0.2, -0.15) is 0 Å². The lowest BCUT2D eigenvalue weighted by Gasteiger charge is -1.97. The standard InChI is InChI=1S/C7H7NO3/c8-6-4(7(10)11)2-1-3-5(6)9/h1-3,9H,8H2,(H,10,11)/p+1. The van der Waals surface area contributed by atoms with Crippen LogP contribution < -0.4 is 5.73 Å². The van der Waals surface area contributed by atoms with E-state index < -0.39 is 5.97 Å². The molecule has 0 spiro atoms. The lowest BCUT2D eigenvalue weighted by Crippen LogP contribution is -2.42. The SMILES string of the molecule is [NH3+]c1c(O)cccc1C(=O)O. The number of benzene rings is 1. The predicted molar refractivity (Wildman–Crippen MR) is 37.6 cm³/mol. The van der Waals surface area contributed by atoms with E-state index in [0.717, 1.165) is 0 Å². The zero-order valence-corrected chi connectivity index (χ0v) is 5.74. The normalized spacial score (nSPS) is 9.55. The van der Waals surface area contributed by atoms with E-state index in [4.69, 9.17) is 10.2 Å². The number of carboxylic acid groups (broad SMARTS) is 1. The topological polar surface area (TPSA) is 85.2 Å². The van der Waals surface area contributed by atoms with E-state index in [9.17, 15) is 4.79 Å². The minimum absolute atomic E-state index is 0.0324. The highest BCUT2D eigenvalue weighted by molar-refractivity contribution is 5.93. The van der Waals surface area contributed by atoms with E-state index in [1.165, 1.54) is 18.2 Å². The summed E-state index contributed by atoms with van der Waals surface area (Å²) < 4.78 is 0. The van der Waals surface area contributed by atoms with Gasteiger partial charge in [-0.05, 0) is 12.1 Å². The molecule has 0 heterocycles. The van der Waals surface area contributed by atoms with Crippen molar-refractivity contribution in [3.63, 3.8) is 0 Å².